The van der Waals surface area contributed by atoms with Crippen molar-refractivity contribution in [3.05, 3.63) is 68.9 Å². The molecule has 2 aromatic carbocycles. The van der Waals surface area contributed by atoms with Crippen LogP contribution in [-0.2, 0) is 4.79 Å². The largest absolute Gasteiger partial charge is 0.454 e. The lowest BCUT2D eigenvalue weighted by Gasteiger charge is -2.39. The van der Waals surface area contributed by atoms with E-state index in [1.54, 1.807) is 12.1 Å². The standard InChI is InChI=1S/C22H20N2O5/c1-22(2)9-16-21(17(25)10-22)20(12-4-3-5-13(6-12)24(26)27)14-7-18-19(29-11-28-18)8-15(14)23-16/h3-8,20,23H,9-11H2,1-2H3. The predicted molar refractivity (Wildman–Crippen MR) is 106 cm³/mol. The molecule has 148 valence electrons. The Morgan fingerprint density at radius 1 is 1.14 bits per heavy atom. The molecule has 2 aromatic rings. The second-order valence-corrected chi connectivity index (χ2v) is 8.54. The number of non-ortho nitro benzene ring substituents is 1. The van der Waals surface area contributed by atoms with Crippen LogP contribution in [0.15, 0.2) is 47.7 Å². The summed E-state index contributed by atoms with van der Waals surface area (Å²) in [4.78, 5) is 24.1. The van der Waals surface area contributed by atoms with Crippen molar-refractivity contribution in [1.29, 1.82) is 0 Å². The van der Waals surface area contributed by atoms with Crippen molar-refractivity contribution in [2.24, 2.45) is 5.41 Å². The van der Waals surface area contributed by atoms with E-state index in [0.29, 0.717) is 23.5 Å². The first-order valence-electron chi connectivity index (χ1n) is 9.53. The van der Waals surface area contributed by atoms with Crippen LogP contribution in [0.1, 0.15) is 43.7 Å². The van der Waals surface area contributed by atoms with Crippen molar-refractivity contribution in [1.82, 2.24) is 0 Å². The van der Waals surface area contributed by atoms with Crippen molar-refractivity contribution in [3.63, 3.8) is 0 Å². The Kier molecular flexibility index (Phi) is 3.71. The van der Waals surface area contributed by atoms with Gasteiger partial charge in [0.25, 0.3) is 5.69 Å². The van der Waals surface area contributed by atoms with E-state index in [1.165, 1.54) is 6.07 Å². The predicted octanol–water partition coefficient (Wildman–Crippen LogP) is 4.52. The molecule has 0 saturated carbocycles. The highest BCUT2D eigenvalue weighted by Gasteiger charge is 2.41. The number of allylic oxidation sites excluding steroid dienone is 2. The molecule has 0 radical (unpaired) electrons. The number of nitro groups is 1. The molecule has 7 nitrogen and oxygen atoms in total. The third-order valence-electron chi connectivity index (χ3n) is 5.76. The zero-order chi connectivity index (χ0) is 20.3. The summed E-state index contributed by atoms with van der Waals surface area (Å²) in [6, 6.07) is 10.3. The first-order chi connectivity index (χ1) is 13.8. The maximum absolute atomic E-state index is 13.2. The summed E-state index contributed by atoms with van der Waals surface area (Å²) in [5, 5.41) is 14.8. The van der Waals surface area contributed by atoms with Crippen LogP contribution in [-0.4, -0.2) is 17.5 Å². The van der Waals surface area contributed by atoms with Gasteiger partial charge in [0.05, 0.1) is 4.92 Å². The van der Waals surface area contributed by atoms with Gasteiger partial charge in [-0.1, -0.05) is 26.0 Å². The van der Waals surface area contributed by atoms with Crippen LogP contribution in [0.5, 0.6) is 11.5 Å². The summed E-state index contributed by atoms with van der Waals surface area (Å²) in [6.07, 6.45) is 1.17. The highest BCUT2D eigenvalue weighted by atomic mass is 16.7. The van der Waals surface area contributed by atoms with Gasteiger partial charge >= 0.3 is 0 Å². The van der Waals surface area contributed by atoms with E-state index in [9.17, 15) is 14.9 Å². The fourth-order valence-electron chi connectivity index (χ4n) is 4.57. The van der Waals surface area contributed by atoms with Crippen molar-refractivity contribution in [2.75, 3.05) is 12.1 Å². The molecule has 0 fully saturated rings. The number of carbonyl (C=O) groups is 1. The van der Waals surface area contributed by atoms with Gasteiger partial charge in [0.15, 0.2) is 17.3 Å². The Morgan fingerprint density at radius 2 is 1.90 bits per heavy atom. The fourth-order valence-corrected chi connectivity index (χ4v) is 4.57. The average molecular weight is 392 g/mol. The molecule has 2 heterocycles. The molecular weight excluding hydrogens is 372 g/mol. The molecule has 7 heteroatoms. The molecule has 1 N–H and O–H groups in total. The minimum absolute atomic E-state index is 0.00839. The summed E-state index contributed by atoms with van der Waals surface area (Å²) in [5.41, 5.74) is 3.86. The molecular formula is C22H20N2O5. The maximum Gasteiger partial charge on any atom is 0.269 e. The van der Waals surface area contributed by atoms with E-state index in [2.05, 4.69) is 19.2 Å². The van der Waals surface area contributed by atoms with Crippen molar-refractivity contribution in [3.8, 4) is 11.5 Å². The monoisotopic (exact) mass is 392 g/mol. The molecule has 1 unspecified atom stereocenters. The summed E-state index contributed by atoms with van der Waals surface area (Å²) < 4.78 is 11.1. The Labute approximate surface area is 167 Å². The molecule has 0 saturated heterocycles. The fraction of sp³-hybridized carbons (Fsp3) is 0.318. The van der Waals surface area contributed by atoms with E-state index in [0.717, 1.165) is 28.9 Å². The van der Waals surface area contributed by atoms with E-state index in [4.69, 9.17) is 9.47 Å². The summed E-state index contributed by atoms with van der Waals surface area (Å²) in [7, 11) is 0. The molecule has 1 atom stereocenters. The summed E-state index contributed by atoms with van der Waals surface area (Å²) in [6.45, 7) is 4.31. The minimum Gasteiger partial charge on any atom is -0.454 e. The second kappa shape index (κ2) is 6.07. The molecule has 29 heavy (non-hydrogen) atoms. The lowest BCUT2D eigenvalue weighted by atomic mass is 9.68. The highest BCUT2D eigenvalue weighted by Crippen LogP contribution is 2.52. The Hall–Kier alpha value is -3.35. The number of benzene rings is 2. The number of fused-ring (bicyclic) bond motifs is 2. The quantitative estimate of drug-likeness (QED) is 0.597. The van der Waals surface area contributed by atoms with Crippen LogP contribution in [0.25, 0.3) is 0 Å². The summed E-state index contributed by atoms with van der Waals surface area (Å²) in [5.74, 6) is 0.955. The van der Waals surface area contributed by atoms with E-state index < -0.39 is 4.92 Å². The van der Waals surface area contributed by atoms with Gasteiger partial charge in [-0.15, -0.1) is 0 Å². The van der Waals surface area contributed by atoms with Gasteiger partial charge in [-0.3, -0.25) is 14.9 Å². The number of rotatable bonds is 2. The number of nitro benzene ring substituents is 1. The molecule has 3 aliphatic rings. The molecule has 0 spiro atoms. The number of nitrogens with one attached hydrogen (secondary N) is 1. The maximum atomic E-state index is 13.2. The number of carbonyl (C=O) groups excluding carboxylic acids is 1. The molecule has 0 bridgehead atoms. The lowest BCUT2D eigenvalue weighted by Crippen LogP contribution is -2.33. The number of nitrogens with zero attached hydrogens (tertiary/aromatic N) is 1. The third-order valence-corrected chi connectivity index (χ3v) is 5.76. The lowest BCUT2D eigenvalue weighted by molar-refractivity contribution is -0.384. The Morgan fingerprint density at radius 3 is 2.66 bits per heavy atom. The van der Waals surface area contributed by atoms with Crippen LogP contribution < -0.4 is 14.8 Å². The highest BCUT2D eigenvalue weighted by molar-refractivity contribution is 6.01. The zero-order valence-electron chi connectivity index (χ0n) is 16.2. The van der Waals surface area contributed by atoms with Gasteiger partial charge in [-0.05, 0) is 29.0 Å². The van der Waals surface area contributed by atoms with Gasteiger partial charge in [0, 0.05) is 47.5 Å². The average Bonchev–Trinajstić information content (AvgIpc) is 3.11. The van der Waals surface area contributed by atoms with Gasteiger partial charge in [0.2, 0.25) is 6.79 Å². The topological polar surface area (TPSA) is 90.7 Å². The van der Waals surface area contributed by atoms with E-state index in [1.807, 2.05) is 18.2 Å². The van der Waals surface area contributed by atoms with Crippen molar-refractivity contribution < 1.29 is 19.2 Å². The molecule has 2 aliphatic heterocycles. The van der Waals surface area contributed by atoms with Crippen LogP contribution in [0.4, 0.5) is 11.4 Å². The van der Waals surface area contributed by atoms with Crippen molar-refractivity contribution >= 4 is 17.2 Å². The van der Waals surface area contributed by atoms with Crippen LogP contribution in [0.2, 0.25) is 0 Å². The number of hydrogen-bond acceptors (Lipinski definition) is 6. The van der Waals surface area contributed by atoms with Crippen LogP contribution >= 0.6 is 0 Å². The summed E-state index contributed by atoms with van der Waals surface area (Å²) >= 11 is 0. The number of hydrogen-bond donors (Lipinski definition) is 1. The Balaban J connectivity index is 1.73. The van der Waals surface area contributed by atoms with E-state index >= 15 is 0 Å². The molecule has 0 aromatic heterocycles. The molecule has 1 aliphatic carbocycles. The molecule has 0 amide bonds. The van der Waals surface area contributed by atoms with Crippen LogP contribution in [0.3, 0.4) is 0 Å². The molecule has 5 rings (SSSR count). The zero-order valence-corrected chi connectivity index (χ0v) is 16.2. The van der Waals surface area contributed by atoms with E-state index in [-0.39, 0.29) is 29.6 Å². The number of ether oxygens (including phenoxy) is 2. The Bertz CT molecular complexity index is 1100. The van der Waals surface area contributed by atoms with Gasteiger partial charge in [0.1, 0.15) is 0 Å². The second-order valence-electron chi connectivity index (χ2n) is 8.54. The van der Waals surface area contributed by atoms with Gasteiger partial charge in [-0.25, -0.2) is 0 Å². The number of anilines is 1. The minimum atomic E-state index is -0.410. The first-order valence-corrected chi connectivity index (χ1v) is 9.53. The SMILES string of the molecule is CC1(C)CC(=O)C2=C(C1)Nc1cc3c(cc1C2c1cccc([N+](=O)[O-])c1)OCO3. The number of ketones is 1. The van der Waals surface area contributed by atoms with Gasteiger partial charge in [-0.2, -0.15) is 0 Å². The van der Waals surface area contributed by atoms with Crippen molar-refractivity contribution in [2.45, 2.75) is 32.6 Å². The van der Waals surface area contributed by atoms with Gasteiger partial charge < -0.3 is 14.8 Å². The first kappa shape index (κ1) is 17.7. The van der Waals surface area contributed by atoms with Crippen LogP contribution in [0, 0.1) is 15.5 Å². The normalized spacial score (nSPS) is 21.3. The number of Topliss-reactive ketones (excluding diaryl/α,β-unsaturated/α-hetero) is 1. The third kappa shape index (κ3) is 2.85. The smallest absolute Gasteiger partial charge is 0.269 e.